The lowest BCUT2D eigenvalue weighted by molar-refractivity contribution is -0.155. The number of ether oxygens (including phenoxy) is 4. The lowest BCUT2D eigenvalue weighted by Gasteiger charge is -2.30. The van der Waals surface area contributed by atoms with Crippen molar-refractivity contribution in [3.8, 4) is 11.5 Å². The van der Waals surface area contributed by atoms with E-state index in [9.17, 15) is 14.7 Å². The van der Waals surface area contributed by atoms with Crippen molar-refractivity contribution < 1.29 is 33.6 Å². The summed E-state index contributed by atoms with van der Waals surface area (Å²) in [4.78, 5) is 28.0. The number of benzene rings is 3. The fourth-order valence-corrected chi connectivity index (χ4v) is 5.45. The van der Waals surface area contributed by atoms with Gasteiger partial charge in [-0.25, -0.2) is 9.69 Å². The molecule has 1 aliphatic carbocycles. The molecule has 0 aromatic heterocycles. The fraction of sp³-hybridized carbons (Fsp3) is 0.355. The highest BCUT2D eigenvalue weighted by atomic mass is 16.6. The number of methoxy groups -OCH3 is 2. The number of carbonyl (C=O) groups is 2. The van der Waals surface area contributed by atoms with Crippen molar-refractivity contribution in [2.45, 2.75) is 50.5 Å². The van der Waals surface area contributed by atoms with Gasteiger partial charge in [-0.1, -0.05) is 54.6 Å². The monoisotopic (exact) mass is 531 g/mol. The lowest BCUT2D eigenvalue weighted by Crippen LogP contribution is -2.49. The molecule has 0 radical (unpaired) electrons. The number of aliphatic hydroxyl groups is 1. The van der Waals surface area contributed by atoms with Gasteiger partial charge >= 0.3 is 6.09 Å². The summed E-state index contributed by atoms with van der Waals surface area (Å²) >= 11 is 0. The van der Waals surface area contributed by atoms with Gasteiger partial charge in [0.25, 0.3) is 5.91 Å². The van der Waals surface area contributed by atoms with Gasteiger partial charge in [0, 0.05) is 5.56 Å². The van der Waals surface area contributed by atoms with E-state index in [0.29, 0.717) is 36.3 Å². The van der Waals surface area contributed by atoms with Gasteiger partial charge in [-0.2, -0.15) is 0 Å². The topological polar surface area (TPSA) is 94.5 Å². The molecule has 0 saturated carbocycles. The van der Waals surface area contributed by atoms with Crippen LogP contribution in [0.2, 0.25) is 0 Å². The van der Waals surface area contributed by atoms with E-state index >= 15 is 0 Å². The molecule has 3 aromatic carbocycles. The fourth-order valence-electron chi connectivity index (χ4n) is 5.45. The minimum atomic E-state index is -1.39. The largest absolute Gasteiger partial charge is 0.496 e. The van der Waals surface area contributed by atoms with Gasteiger partial charge in [0.1, 0.15) is 24.2 Å². The van der Waals surface area contributed by atoms with E-state index < -0.39 is 30.3 Å². The zero-order chi connectivity index (χ0) is 27.5. The summed E-state index contributed by atoms with van der Waals surface area (Å²) < 4.78 is 22.7. The van der Waals surface area contributed by atoms with E-state index in [1.807, 2.05) is 61.5 Å². The smallest absolute Gasteiger partial charge is 0.417 e. The SMILES string of the molecule is COc1cc([C@H](O)[C@@H](OC2Cc3ccccc3C2)C(=O)N2C(=O)OCC2Cc2ccccc2)cc(OC)c1C. The van der Waals surface area contributed by atoms with E-state index in [1.54, 1.807) is 12.1 Å². The molecular formula is C31H33NO7. The Labute approximate surface area is 228 Å². The molecule has 2 aliphatic rings. The summed E-state index contributed by atoms with van der Waals surface area (Å²) in [5.74, 6) is 0.371. The van der Waals surface area contributed by atoms with Crippen LogP contribution in [0.25, 0.3) is 0 Å². The molecule has 1 aliphatic heterocycles. The summed E-state index contributed by atoms with van der Waals surface area (Å²) in [6.45, 7) is 1.92. The standard InChI is InChI=1S/C31H33NO7/c1-19-26(36-2)16-23(17-27(19)37-3)28(33)29(39-25-14-21-11-7-8-12-22(21)15-25)30(34)32-24(18-38-31(32)35)13-20-9-5-4-6-10-20/h4-12,16-17,24-25,28-29,33H,13-15,18H2,1-3H3/t24?,28-,29+/m0/s1. The van der Waals surface area contributed by atoms with Crippen LogP contribution in [0.4, 0.5) is 4.79 Å². The molecule has 39 heavy (non-hydrogen) atoms. The molecule has 5 rings (SSSR count). The van der Waals surface area contributed by atoms with Crippen molar-refractivity contribution in [1.82, 2.24) is 4.90 Å². The van der Waals surface area contributed by atoms with E-state index in [2.05, 4.69) is 0 Å². The van der Waals surface area contributed by atoms with Gasteiger partial charge in [-0.05, 0) is 60.6 Å². The number of carbonyl (C=O) groups excluding carboxylic acids is 2. The third-order valence-electron chi connectivity index (χ3n) is 7.51. The van der Waals surface area contributed by atoms with Crippen molar-refractivity contribution in [1.29, 1.82) is 0 Å². The van der Waals surface area contributed by atoms with Crippen LogP contribution in [0.1, 0.15) is 33.9 Å². The first-order chi connectivity index (χ1) is 18.9. The van der Waals surface area contributed by atoms with Crippen molar-refractivity contribution in [2.24, 2.45) is 0 Å². The van der Waals surface area contributed by atoms with Crippen molar-refractivity contribution >= 4 is 12.0 Å². The van der Waals surface area contributed by atoms with Crippen molar-refractivity contribution in [2.75, 3.05) is 20.8 Å². The minimum absolute atomic E-state index is 0.0727. The number of rotatable bonds is 9. The Kier molecular flexibility index (Phi) is 7.86. The molecule has 1 saturated heterocycles. The van der Waals surface area contributed by atoms with Gasteiger partial charge in [0.05, 0.1) is 26.4 Å². The molecule has 3 aromatic rings. The molecule has 8 heteroatoms. The second kappa shape index (κ2) is 11.5. The maximum Gasteiger partial charge on any atom is 0.417 e. The highest BCUT2D eigenvalue weighted by Gasteiger charge is 2.45. The van der Waals surface area contributed by atoms with E-state index in [1.165, 1.54) is 14.2 Å². The molecule has 3 atom stereocenters. The molecule has 204 valence electrons. The highest BCUT2D eigenvalue weighted by molar-refractivity contribution is 5.96. The number of hydrogen-bond donors (Lipinski definition) is 1. The summed E-state index contributed by atoms with van der Waals surface area (Å²) in [6, 6.07) is 20.4. The Morgan fingerprint density at radius 2 is 1.59 bits per heavy atom. The third-order valence-corrected chi connectivity index (χ3v) is 7.51. The van der Waals surface area contributed by atoms with Gasteiger partial charge in [0.15, 0.2) is 6.10 Å². The Morgan fingerprint density at radius 3 is 2.18 bits per heavy atom. The van der Waals surface area contributed by atoms with Crippen molar-refractivity contribution in [3.63, 3.8) is 0 Å². The molecule has 1 N–H and O–H groups in total. The first-order valence-electron chi connectivity index (χ1n) is 13.1. The van der Waals surface area contributed by atoms with E-state index in [4.69, 9.17) is 18.9 Å². The molecule has 1 unspecified atom stereocenters. The average molecular weight is 532 g/mol. The van der Waals surface area contributed by atoms with Crippen LogP contribution in [0.3, 0.4) is 0 Å². The van der Waals surface area contributed by atoms with Crippen LogP contribution in [0.15, 0.2) is 66.7 Å². The number of nitrogens with zero attached hydrogens (tertiary/aromatic N) is 1. The second-order valence-corrected chi connectivity index (χ2v) is 9.98. The van der Waals surface area contributed by atoms with Crippen LogP contribution in [0.5, 0.6) is 11.5 Å². The molecule has 1 heterocycles. The molecule has 8 nitrogen and oxygen atoms in total. The van der Waals surface area contributed by atoms with Gasteiger partial charge in [-0.15, -0.1) is 0 Å². The third kappa shape index (κ3) is 5.48. The van der Waals surface area contributed by atoms with Crippen LogP contribution in [-0.4, -0.2) is 61.1 Å². The van der Waals surface area contributed by atoms with Crippen LogP contribution in [-0.2, 0) is 33.5 Å². The van der Waals surface area contributed by atoms with Gasteiger partial charge < -0.3 is 24.1 Å². The number of amides is 2. The highest BCUT2D eigenvalue weighted by Crippen LogP contribution is 2.36. The number of aliphatic hydroxyl groups excluding tert-OH is 1. The van der Waals surface area contributed by atoms with Gasteiger partial charge in [-0.3, -0.25) is 4.79 Å². The minimum Gasteiger partial charge on any atom is -0.496 e. The predicted molar refractivity (Wildman–Crippen MR) is 144 cm³/mol. The van der Waals surface area contributed by atoms with E-state index in [0.717, 1.165) is 27.2 Å². The number of imide groups is 1. The Balaban J connectivity index is 1.47. The Hall–Kier alpha value is -3.88. The van der Waals surface area contributed by atoms with Gasteiger partial charge in [0.2, 0.25) is 0 Å². The molecule has 1 fully saturated rings. The van der Waals surface area contributed by atoms with Crippen molar-refractivity contribution in [3.05, 3.63) is 94.5 Å². The quantitative estimate of drug-likeness (QED) is 0.443. The molecular weight excluding hydrogens is 498 g/mol. The Bertz CT molecular complexity index is 1290. The van der Waals surface area contributed by atoms with Crippen LogP contribution in [0, 0.1) is 6.92 Å². The normalized spacial score (nSPS) is 18.4. The first kappa shape index (κ1) is 26.7. The first-order valence-corrected chi connectivity index (χ1v) is 13.1. The second-order valence-electron chi connectivity index (χ2n) is 9.98. The molecule has 0 bridgehead atoms. The number of hydrogen-bond acceptors (Lipinski definition) is 7. The summed E-state index contributed by atoms with van der Waals surface area (Å²) in [5, 5.41) is 11.6. The number of cyclic esters (lactones) is 1. The Morgan fingerprint density at radius 1 is 1.00 bits per heavy atom. The number of fused-ring (bicyclic) bond motifs is 1. The zero-order valence-corrected chi connectivity index (χ0v) is 22.3. The summed E-state index contributed by atoms with van der Waals surface area (Å²) in [7, 11) is 3.06. The lowest BCUT2D eigenvalue weighted by atomic mass is 9.99. The summed E-state index contributed by atoms with van der Waals surface area (Å²) in [5.41, 5.74) is 4.40. The zero-order valence-electron chi connectivity index (χ0n) is 22.3. The summed E-state index contributed by atoms with van der Waals surface area (Å²) in [6.07, 6.45) is -2.19. The predicted octanol–water partition coefficient (Wildman–Crippen LogP) is 4.19. The molecule has 2 amide bonds. The maximum absolute atomic E-state index is 14.1. The average Bonchev–Trinajstić information content (AvgIpc) is 3.54. The van der Waals surface area contributed by atoms with Crippen LogP contribution < -0.4 is 9.47 Å². The van der Waals surface area contributed by atoms with Crippen LogP contribution >= 0.6 is 0 Å². The van der Waals surface area contributed by atoms with E-state index in [-0.39, 0.29) is 12.7 Å². The molecule has 0 spiro atoms. The maximum atomic E-state index is 14.1.